The van der Waals surface area contributed by atoms with Crippen molar-refractivity contribution in [3.05, 3.63) is 47.0 Å². The summed E-state index contributed by atoms with van der Waals surface area (Å²) < 4.78 is 2.05. The van der Waals surface area contributed by atoms with Crippen LogP contribution >= 0.6 is 24.0 Å². The van der Waals surface area contributed by atoms with Gasteiger partial charge in [-0.15, -0.1) is 24.0 Å². The second-order valence-corrected chi connectivity index (χ2v) is 7.39. The summed E-state index contributed by atoms with van der Waals surface area (Å²) in [5.41, 5.74) is 2.62. The Kier molecular flexibility index (Phi) is 8.72. The van der Waals surface area contributed by atoms with Crippen molar-refractivity contribution in [2.45, 2.75) is 65.5 Å². The van der Waals surface area contributed by atoms with Crippen LogP contribution in [-0.2, 0) is 19.4 Å². The molecule has 0 saturated carbocycles. The SMILES string of the molecule is CCNC(=NCC(C)c1ccc(C)cc1)NC1CCc2nc(CC)nn2C1.I. The standard InChI is InChI=1S/C21H32N6.HI/c1-5-19-25-20-12-11-18(14-27(20)26-19)24-21(22-6-2)23-13-16(4)17-9-7-15(3)8-10-17;/h7-10,16,18H,5-6,11-14H2,1-4H3,(H2,22,23,24);1H. The first-order valence-corrected chi connectivity index (χ1v) is 10.1. The minimum atomic E-state index is 0. The highest BCUT2D eigenvalue weighted by Crippen LogP contribution is 2.16. The molecule has 154 valence electrons. The van der Waals surface area contributed by atoms with E-state index in [2.05, 4.69) is 77.4 Å². The molecule has 28 heavy (non-hydrogen) atoms. The summed E-state index contributed by atoms with van der Waals surface area (Å²) in [6.07, 6.45) is 2.91. The maximum absolute atomic E-state index is 4.83. The monoisotopic (exact) mass is 496 g/mol. The van der Waals surface area contributed by atoms with E-state index in [1.54, 1.807) is 0 Å². The van der Waals surface area contributed by atoms with E-state index in [4.69, 9.17) is 4.99 Å². The lowest BCUT2D eigenvalue weighted by Gasteiger charge is -2.25. The molecule has 2 N–H and O–H groups in total. The molecule has 1 aliphatic rings. The van der Waals surface area contributed by atoms with E-state index < -0.39 is 0 Å². The number of aliphatic imine (C=N–C) groups is 1. The van der Waals surface area contributed by atoms with Crippen molar-refractivity contribution in [1.82, 2.24) is 25.4 Å². The Balaban J connectivity index is 0.00000280. The molecule has 7 heteroatoms. The zero-order valence-electron chi connectivity index (χ0n) is 17.4. The number of guanidine groups is 1. The molecule has 0 fully saturated rings. The third-order valence-corrected chi connectivity index (χ3v) is 5.07. The van der Waals surface area contributed by atoms with Crippen molar-refractivity contribution < 1.29 is 0 Å². The van der Waals surface area contributed by atoms with Gasteiger partial charge < -0.3 is 10.6 Å². The van der Waals surface area contributed by atoms with Crippen LogP contribution in [0.5, 0.6) is 0 Å². The van der Waals surface area contributed by atoms with Gasteiger partial charge in [0, 0.05) is 37.9 Å². The van der Waals surface area contributed by atoms with E-state index in [-0.39, 0.29) is 24.0 Å². The van der Waals surface area contributed by atoms with E-state index in [0.717, 1.165) is 56.5 Å². The van der Waals surface area contributed by atoms with Crippen LogP contribution in [0.4, 0.5) is 0 Å². The highest BCUT2D eigenvalue weighted by molar-refractivity contribution is 14.0. The maximum atomic E-state index is 4.83. The molecule has 2 atom stereocenters. The fourth-order valence-corrected chi connectivity index (χ4v) is 3.37. The highest BCUT2D eigenvalue weighted by Gasteiger charge is 2.22. The molecule has 2 heterocycles. The van der Waals surface area contributed by atoms with Crippen LogP contribution in [0.1, 0.15) is 55.9 Å². The molecule has 3 rings (SSSR count). The lowest BCUT2D eigenvalue weighted by Crippen LogP contribution is -2.47. The molecular formula is C21H33IN6. The molecule has 1 aliphatic heterocycles. The lowest BCUT2D eigenvalue weighted by atomic mass is 10.0. The Morgan fingerprint density at radius 1 is 1.29 bits per heavy atom. The van der Waals surface area contributed by atoms with E-state index in [1.165, 1.54) is 11.1 Å². The van der Waals surface area contributed by atoms with Crippen LogP contribution in [-0.4, -0.2) is 39.9 Å². The summed E-state index contributed by atoms with van der Waals surface area (Å²) >= 11 is 0. The zero-order chi connectivity index (χ0) is 19.2. The number of hydrogen-bond acceptors (Lipinski definition) is 3. The first-order chi connectivity index (χ1) is 13.1. The first kappa shape index (κ1) is 22.6. The van der Waals surface area contributed by atoms with Gasteiger partial charge >= 0.3 is 0 Å². The number of hydrogen-bond donors (Lipinski definition) is 2. The molecule has 0 aliphatic carbocycles. The van der Waals surface area contributed by atoms with Crippen molar-refractivity contribution in [3.63, 3.8) is 0 Å². The van der Waals surface area contributed by atoms with Crippen LogP contribution in [0.25, 0.3) is 0 Å². The molecule has 0 radical (unpaired) electrons. The molecule has 2 aromatic rings. The quantitative estimate of drug-likeness (QED) is 0.366. The van der Waals surface area contributed by atoms with Crippen molar-refractivity contribution in [1.29, 1.82) is 0 Å². The average Bonchev–Trinajstić information content (AvgIpc) is 3.09. The van der Waals surface area contributed by atoms with Crippen LogP contribution in [0.3, 0.4) is 0 Å². The Morgan fingerprint density at radius 3 is 2.71 bits per heavy atom. The molecule has 0 amide bonds. The average molecular weight is 496 g/mol. The molecule has 1 aromatic carbocycles. The summed E-state index contributed by atoms with van der Waals surface area (Å²) in [5.74, 6) is 3.33. The van der Waals surface area contributed by atoms with Crippen molar-refractivity contribution >= 4 is 29.9 Å². The van der Waals surface area contributed by atoms with Gasteiger partial charge in [0.15, 0.2) is 11.8 Å². The molecule has 1 aromatic heterocycles. The minimum absolute atomic E-state index is 0. The number of nitrogens with zero attached hydrogens (tertiary/aromatic N) is 4. The second kappa shape index (κ2) is 10.8. The summed E-state index contributed by atoms with van der Waals surface area (Å²) in [6.45, 7) is 11.0. The smallest absolute Gasteiger partial charge is 0.191 e. The largest absolute Gasteiger partial charge is 0.357 e. The van der Waals surface area contributed by atoms with E-state index >= 15 is 0 Å². The molecule has 6 nitrogen and oxygen atoms in total. The fourth-order valence-electron chi connectivity index (χ4n) is 3.37. The molecule has 0 spiro atoms. The van der Waals surface area contributed by atoms with E-state index in [1.807, 2.05) is 0 Å². The van der Waals surface area contributed by atoms with E-state index in [0.29, 0.717) is 12.0 Å². The van der Waals surface area contributed by atoms with Gasteiger partial charge in [0.2, 0.25) is 0 Å². The summed E-state index contributed by atoms with van der Waals surface area (Å²) in [7, 11) is 0. The van der Waals surface area contributed by atoms with Crippen LogP contribution in [0.15, 0.2) is 29.3 Å². The van der Waals surface area contributed by atoms with Gasteiger partial charge in [-0.25, -0.2) is 9.67 Å². The number of rotatable bonds is 6. The normalized spacial score (nSPS) is 17.4. The van der Waals surface area contributed by atoms with Gasteiger partial charge in [0.1, 0.15) is 5.82 Å². The van der Waals surface area contributed by atoms with Gasteiger partial charge in [-0.1, -0.05) is 43.7 Å². The number of benzene rings is 1. The third-order valence-electron chi connectivity index (χ3n) is 5.07. The van der Waals surface area contributed by atoms with Crippen molar-refractivity contribution in [2.24, 2.45) is 4.99 Å². The summed E-state index contributed by atoms with van der Waals surface area (Å²) in [5, 5.41) is 11.6. The van der Waals surface area contributed by atoms with Gasteiger partial charge in [-0.2, -0.15) is 5.10 Å². The Bertz CT molecular complexity index is 768. The van der Waals surface area contributed by atoms with Crippen molar-refractivity contribution in [2.75, 3.05) is 13.1 Å². The number of halogens is 1. The van der Waals surface area contributed by atoms with Crippen LogP contribution < -0.4 is 10.6 Å². The number of fused-ring (bicyclic) bond motifs is 1. The van der Waals surface area contributed by atoms with Crippen LogP contribution in [0, 0.1) is 6.92 Å². The van der Waals surface area contributed by atoms with Crippen molar-refractivity contribution in [3.8, 4) is 0 Å². The second-order valence-electron chi connectivity index (χ2n) is 7.39. The van der Waals surface area contributed by atoms with E-state index in [9.17, 15) is 0 Å². The van der Waals surface area contributed by atoms with Crippen LogP contribution in [0.2, 0.25) is 0 Å². The summed E-state index contributed by atoms with van der Waals surface area (Å²) in [6, 6.07) is 9.07. The first-order valence-electron chi connectivity index (χ1n) is 10.1. The van der Waals surface area contributed by atoms with Gasteiger partial charge in [-0.3, -0.25) is 4.99 Å². The molecular weight excluding hydrogens is 463 g/mol. The Hall–Kier alpha value is -1.64. The number of nitrogens with one attached hydrogen (secondary N) is 2. The predicted molar refractivity (Wildman–Crippen MR) is 126 cm³/mol. The maximum Gasteiger partial charge on any atom is 0.191 e. The van der Waals surface area contributed by atoms with Gasteiger partial charge in [0.05, 0.1) is 6.54 Å². The lowest BCUT2D eigenvalue weighted by molar-refractivity contribution is 0.392. The third kappa shape index (κ3) is 5.93. The number of aromatic nitrogens is 3. The zero-order valence-corrected chi connectivity index (χ0v) is 19.7. The summed E-state index contributed by atoms with van der Waals surface area (Å²) in [4.78, 5) is 9.43. The van der Waals surface area contributed by atoms with Gasteiger partial charge in [0.25, 0.3) is 0 Å². The Labute approximate surface area is 185 Å². The highest BCUT2D eigenvalue weighted by atomic mass is 127. The molecule has 0 saturated heterocycles. The minimum Gasteiger partial charge on any atom is -0.357 e. The molecule has 0 bridgehead atoms. The topological polar surface area (TPSA) is 67.1 Å². The predicted octanol–water partition coefficient (Wildman–Crippen LogP) is 3.44. The Morgan fingerprint density at radius 2 is 2.04 bits per heavy atom. The molecule has 2 unspecified atom stereocenters. The number of aryl methyl sites for hydroxylation is 3. The van der Waals surface area contributed by atoms with Gasteiger partial charge in [-0.05, 0) is 25.8 Å². The fraction of sp³-hybridized carbons (Fsp3) is 0.571.